The molecule has 2 fully saturated rings. The first-order valence-corrected chi connectivity index (χ1v) is 12.4. The molecule has 0 aromatic heterocycles. The minimum atomic E-state index is -1.36. The molecule has 0 radical (unpaired) electrons. The zero-order chi connectivity index (χ0) is 21.3. The molecule has 0 nitrogen and oxygen atoms in total. The molecule has 2 aliphatic carbocycles. The fourth-order valence-electron chi connectivity index (χ4n) is 5.48. The molecule has 1 aromatic carbocycles. The van der Waals surface area contributed by atoms with E-state index in [2.05, 4.69) is 19.1 Å². The molecule has 2 aliphatic rings. The average Bonchev–Trinajstić information content (AvgIpc) is 2.77. The Balaban J connectivity index is 1.35. The monoisotopic (exact) mass is 420 g/mol. The van der Waals surface area contributed by atoms with Crippen LogP contribution in [0.2, 0.25) is 0 Å². The molecule has 0 aliphatic heterocycles. The van der Waals surface area contributed by atoms with Gasteiger partial charge in [0.15, 0.2) is 17.5 Å². The molecule has 3 heteroatoms. The number of rotatable bonds is 9. The predicted octanol–water partition coefficient (Wildman–Crippen LogP) is 9.10. The Morgan fingerprint density at radius 2 is 1.27 bits per heavy atom. The van der Waals surface area contributed by atoms with Crippen molar-refractivity contribution in [3.63, 3.8) is 0 Å². The van der Waals surface area contributed by atoms with Crippen LogP contribution in [-0.2, 0) is 0 Å². The molecular weight excluding hydrogens is 381 g/mol. The Labute approximate surface area is 181 Å². The zero-order valence-electron chi connectivity index (χ0n) is 18.7. The van der Waals surface area contributed by atoms with E-state index < -0.39 is 17.5 Å². The van der Waals surface area contributed by atoms with Crippen molar-refractivity contribution in [1.29, 1.82) is 0 Å². The van der Waals surface area contributed by atoms with Gasteiger partial charge >= 0.3 is 0 Å². The van der Waals surface area contributed by atoms with Gasteiger partial charge < -0.3 is 0 Å². The zero-order valence-corrected chi connectivity index (χ0v) is 18.7. The van der Waals surface area contributed by atoms with Crippen LogP contribution in [0.1, 0.15) is 108 Å². The number of unbranched alkanes of at least 4 members (excludes halogenated alkanes) is 4. The molecule has 0 heterocycles. The summed E-state index contributed by atoms with van der Waals surface area (Å²) in [5.74, 6) is -1.09. The second-order valence-electron chi connectivity index (χ2n) is 9.78. The fourth-order valence-corrected chi connectivity index (χ4v) is 5.48. The van der Waals surface area contributed by atoms with Crippen LogP contribution in [-0.4, -0.2) is 0 Å². The molecule has 0 spiro atoms. The minimum absolute atomic E-state index is 0.145. The summed E-state index contributed by atoms with van der Waals surface area (Å²) in [5.41, 5.74) is 0.613. The van der Waals surface area contributed by atoms with Gasteiger partial charge in [-0.15, -0.1) is 0 Å². The SMILES string of the molecule is CCCCCCC[C@H]1CC[C@H](/C=C/[C@H]2CC[C@H](c3cc(F)c(F)c(F)c3)CC2)CC1. The van der Waals surface area contributed by atoms with Gasteiger partial charge in [0.05, 0.1) is 0 Å². The summed E-state index contributed by atoms with van der Waals surface area (Å²) in [6, 6.07) is 2.36. The van der Waals surface area contributed by atoms with Crippen LogP contribution in [0.25, 0.3) is 0 Å². The van der Waals surface area contributed by atoms with Crippen LogP contribution < -0.4 is 0 Å². The molecule has 0 N–H and O–H groups in total. The second kappa shape index (κ2) is 12.0. The molecule has 168 valence electrons. The van der Waals surface area contributed by atoms with Gasteiger partial charge in [0.2, 0.25) is 0 Å². The van der Waals surface area contributed by atoms with Gasteiger partial charge in [-0.25, -0.2) is 13.2 Å². The van der Waals surface area contributed by atoms with Crippen molar-refractivity contribution in [2.75, 3.05) is 0 Å². The average molecular weight is 421 g/mol. The van der Waals surface area contributed by atoms with E-state index >= 15 is 0 Å². The minimum Gasteiger partial charge on any atom is -0.204 e. The van der Waals surface area contributed by atoms with Crippen molar-refractivity contribution in [2.45, 2.75) is 103 Å². The second-order valence-corrected chi connectivity index (χ2v) is 9.78. The van der Waals surface area contributed by atoms with E-state index in [4.69, 9.17) is 0 Å². The summed E-state index contributed by atoms with van der Waals surface area (Å²) >= 11 is 0. The Hall–Kier alpha value is -1.25. The Morgan fingerprint density at radius 1 is 0.733 bits per heavy atom. The number of allylic oxidation sites excluding steroid dienone is 2. The van der Waals surface area contributed by atoms with Crippen molar-refractivity contribution in [3.8, 4) is 0 Å². The van der Waals surface area contributed by atoms with Gasteiger partial charge in [0.1, 0.15) is 0 Å². The van der Waals surface area contributed by atoms with Gasteiger partial charge in [-0.3, -0.25) is 0 Å². The van der Waals surface area contributed by atoms with Crippen LogP contribution in [0.5, 0.6) is 0 Å². The van der Waals surface area contributed by atoms with Crippen molar-refractivity contribution in [2.24, 2.45) is 17.8 Å². The standard InChI is InChI=1S/C27H39F3/c1-2-3-4-5-6-7-20-8-10-21(11-9-20)12-13-22-14-16-23(17-15-22)24-18-25(28)27(30)26(29)19-24/h12-13,18-23H,2-11,14-17H2,1H3/b13-12+/t20-,21-,22-,23-. The third kappa shape index (κ3) is 6.89. The van der Waals surface area contributed by atoms with E-state index in [1.165, 1.54) is 76.3 Å². The smallest absolute Gasteiger partial charge is 0.194 e. The molecule has 3 rings (SSSR count). The highest BCUT2D eigenvalue weighted by molar-refractivity contribution is 5.23. The van der Waals surface area contributed by atoms with E-state index in [-0.39, 0.29) is 5.92 Å². The highest BCUT2D eigenvalue weighted by Crippen LogP contribution is 2.38. The fraction of sp³-hybridized carbons (Fsp3) is 0.704. The quantitative estimate of drug-likeness (QED) is 0.212. The maximum absolute atomic E-state index is 13.5. The van der Waals surface area contributed by atoms with Crippen molar-refractivity contribution < 1.29 is 13.2 Å². The van der Waals surface area contributed by atoms with E-state index in [0.29, 0.717) is 11.5 Å². The van der Waals surface area contributed by atoms with Gasteiger partial charge in [-0.2, -0.15) is 0 Å². The van der Waals surface area contributed by atoms with Gasteiger partial charge in [-0.1, -0.05) is 57.6 Å². The number of benzene rings is 1. The van der Waals surface area contributed by atoms with E-state index in [9.17, 15) is 13.2 Å². The lowest BCUT2D eigenvalue weighted by Crippen LogP contribution is -2.15. The van der Waals surface area contributed by atoms with Gasteiger partial charge in [-0.05, 0) is 92.7 Å². The lowest BCUT2D eigenvalue weighted by molar-refractivity contribution is 0.287. The molecule has 1 aromatic rings. The van der Waals surface area contributed by atoms with E-state index in [0.717, 1.165) is 37.5 Å². The van der Waals surface area contributed by atoms with E-state index in [1.807, 2.05) is 0 Å². The summed E-state index contributed by atoms with van der Waals surface area (Å²) in [6.07, 6.45) is 22.6. The highest BCUT2D eigenvalue weighted by atomic mass is 19.2. The van der Waals surface area contributed by atoms with Crippen LogP contribution in [0.15, 0.2) is 24.3 Å². The maximum atomic E-state index is 13.5. The third-order valence-electron chi connectivity index (χ3n) is 7.51. The summed E-state index contributed by atoms with van der Waals surface area (Å²) in [6.45, 7) is 2.27. The lowest BCUT2D eigenvalue weighted by atomic mass is 9.76. The highest BCUT2D eigenvalue weighted by Gasteiger charge is 2.24. The molecule has 2 saturated carbocycles. The first-order chi connectivity index (χ1) is 14.6. The van der Waals surface area contributed by atoms with Crippen molar-refractivity contribution in [3.05, 3.63) is 47.3 Å². The van der Waals surface area contributed by atoms with Gasteiger partial charge in [0, 0.05) is 0 Å². The molecule has 0 unspecified atom stereocenters. The Morgan fingerprint density at radius 3 is 1.83 bits per heavy atom. The molecule has 0 bridgehead atoms. The lowest BCUT2D eigenvalue weighted by Gasteiger charge is -2.29. The largest absolute Gasteiger partial charge is 0.204 e. The first kappa shape index (κ1) is 23.4. The molecule has 0 atom stereocenters. The van der Waals surface area contributed by atoms with Gasteiger partial charge in [0.25, 0.3) is 0 Å². The third-order valence-corrected chi connectivity index (χ3v) is 7.51. The topological polar surface area (TPSA) is 0 Å². The summed E-state index contributed by atoms with van der Waals surface area (Å²) in [7, 11) is 0. The van der Waals surface area contributed by atoms with E-state index in [1.54, 1.807) is 0 Å². The summed E-state index contributed by atoms with van der Waals surface area (Å²) in [5, 5.41) is 0. The van der Waals surface area contributed by atoms with Crippen LogP contribution >= 0.6 is 0 Å². The number of hydrogen-bond donors (Lipinski definition) is 0. The number of hydrogen-bond acceptors (Lipinski definition) is 0. The van der Waals surface area contributed by atoms with Crippen LogP contribution in [0, 0.1) is 35.2 Å². The number of halogens is 3. The molecule has 30 heavy (non-hydrogen) atoms. The van der Waals surface area contributed by atoms with Crippen LogP contribution in [0.3, 0.4) is 0 Å². The molecular formula is C27H39F3. The Bertz CT molecular complexity index is 642. The maximum Gasteiger partial charge on any atom is 0.194 e. The Kier molecular flexibility index (Phi) is 9.33. The van der Waals surface area contributed by atoms with Crippen molar-refractivity contribution >= 4 is 0 Å². The van der Waals surface area contributed by atoms with Crippen molar-refractivity contribution in [1.82, 2.24) is 0 Å². The normalized spacial score (nSPS) is 27.6. The molecule has 0 amide bonds. The first-order valence-electron chi connectivity index (χ1n) is 12.4. The van der Waals surface area contributed by atoms with Crippen LogP contribution in [0.4, 0.5) is 13.2 Å². The summed E-state index contributed by atoms with van der Waals surface area (Å²) in [4.78, 5) is 0. The summed E-state index contributed by atoms with van der Waals surface area (Å²) < 4.78 is 40.2. The molecule has 0 saturated heterocycles. The predicted molar refractivity (Wildman–Crippen MR) is 119 cm³/mol.